The fourth-order valence-corrected chi connectivity index (χ4v) is 8.09. The largest absolute Gasteiger partial charge is 0.489 e. The maximum atomic E-state index is 13.7. The van der Waals surface area contributed by atoms with Crippen LogP contribution in [0, 0.1) is 5.92 Å². The molecule has 43 heavy (non-hydrogen) atoms. The van der Waals surface area contributed by atoms with Crippen LogP contribution in [0.1, 0.15) is 30.1 Å². The number of anilines is 1. The molecule has 0 bridgehead atoms. The quantitative estimate of drug-likeness (QED) is 0.184. The summed E-state index contributed by atoms with van der Waals surface area (Å²) in [5.74, 6) is -0.269. The molecular formula is C28H27Cl2F2N3O6S2. The van der Waals surface area contributed by atoms with E-state index in [1.54, 1.807) is 6.07 Å². The van der Waals surface area contributed by atoms with E-state index in [1.165, 1.54) is 48.8 Å². The molecule has 2 atom stereocenters. The number of sulfonamides is 1. The number of hydrogen-bond donors (Lipinski definition) is 1. The zero-order chi connectivity index (χ0) is 30.7. The summed E-state index contributed by atoms with van der Waals surface area (Å²) in [5, 5.41) is -0.751. The molecule has 1 aliphatic carbocycles. The minimum Gasteiger partial charge on any atom is -0.489 e. The summed E-state index contributed by atoms with van der Waals surface area (Å²) < 4.78 is 70.7. The van der Waals surface area contributed by atoms with Gasteiger partial charge < -0.3 is 19.9 Å². The van der Waals surface area contributed by atoms with Crippen LogP contribution in [0.5, 0.6) is 11.5 Å². The summed E-state index contributed by atoms with van der Waals surface area (Å²) in [6.07, 6.45) is 3.63. The third kappa shape index (κ3) is 7.63. The number of halogens is 4. The van der Waals surface area contributed by atoms with Crippen molar-refractivity contribution in [2.75, 3.05) is 24.6 Å². The Hall–Kier alpha value is -2.84. The number of aromatic nitrogens is 1. The van der Waals surface area contributed by atoms with Gasteiger partial charge in [0.25, 0.3) is 0 Å². The number of esters is 1. The Morgan fingerprint density at radius 3 is 2.53 bits per heavy atom. The smallest absolute Gasteiger partial charge is 0.387 e. The first-order valence-corrected chi connectivity index (χ1v) is 16.5. The number of nitrogen functional groups attached to an aromatic ring is 1. The molecule has 2 N–H and O–H groups in total. The maximum Gasteiger partial charge on any atom is 0.387 e. The molecule has 1 aromatic heterocycles. The lowest BCUT2D eigenvalue weighted by Crippen LogP contribution is -2.40. The summed E-state index contributed by atoms with van der Waals surface area (Å²) in [6, 6.07) is 10.0. The summed E-state index contributed by atoms with van der Waals surface area (Å²) in [6.45, 7) is -2.69. The molecule has 2 aromatic carbocycles. The minimum absolute atomic E-state index is 0.0254. The van der Waals surface area contributed by atoms with Gasteiger partial charge in [-0.3, -0.25) is 4.98 Å². The SMILES string of the molecule is Nc1cccc(S(=O)(=O)N2CCS[C@H]2C(=O)OC(Cc2c(Cl)cncc2Cl)c2ccc(OC(F)F)c(OCC3CC3)c2)c1. The number of carbonyl (C=O) groups is 1. The molecule has 2 aliphatic rings. The number of thioether (sulfide) groups is 1. The highest BCUT2D eigenvalue weighted by molar-refractivity contribution is 8.02. The van der Waals surface area contributed by atoms with Crippen LogP contribution in [0.4, 0.5) is 14.5 Å². The van der Waals surface area contributed by atoms with Crippen molar-refractivity contribution in [3.8, 4) is 11.5 Å². The molecule has 1 saturated heterocycles. The molecule has 1 saturated carbocycles. The lowest BCUT2D eigenvalue weighted by molar-refractivity contribution is -0.150. The Morgan fingerprint density at radius 2 is 1.86 bits per heavy atom. The molecule has 2 heterocycles. The fourth-order valence-electron chi connectivity index (χ4n) is 4.46. The topological polar surface area (TPSA) is 121 Å². The average Bonchev–Trinajstić information content (AvgIpc) is 3.65. The van der Waals surface area contributed by atoms with Crippen LogP contribution in [0.3, 0.4) is 0 Å². The molecule has 2 fully saturated rings. The van der Waals surface area contributed by atoms with Crippen molar-refractivity contribution in [3.05, 3.63) is 76.0 Å². The molecule has 15 heteroatoms. The Morgan fingerprint density at radius 1 is 1.12 bits per heavy atom. The predicted octanol–water partition coefficient (Wildman–Crippen LogP) is 5.95. The molecule has 1 aliphatic heterocycles. The van der Waals surface area contributed by atoms with Crippen LogP contribution >= 0.6 is 35.0 Å². The zero-order valence-corrected chi connectivity index (χ0v) is 25.6. The van der Waals surface area contributed by atoms with Crippen molar-refractivity contribution in [1.82, 2.24) is 9.29 Å². The predicted molar refractivity (Wildman–Crippen MR) is 159 cm³/mol. The first-order valence-electron chi connectivity index (χ1n) is 13.2. The number of carbonyl (C=O) groups excluding carboxylic acids is 1. The zero-order valence-electron chi connectivity index (χ0n) is 22.5. The summed E-state index contributed by atoms with van der Waals surface area (Å²) in [4.78, 5) is 17.6. The Balaban J connectivity index is 1.46. The van der Waals surface area contributed by atoms with Crippen molar-refractivity contribution in [2.45, 2.75) is 42.2 Å². The first kappa shape index (κ1) is 31.6. The summed E-state index contributed by atoms with van der Waals surface area (Å²) in [5.41, 5.74) is 6.86. The monoisotopic (exact) mass is 673 g/mol. The average molecular weight is 675 g/mol. The Bertz CT molecular complexity index is 1580. The van der Waals surface area contributed by atoms with Gasteiger partial charge in [0.05, 0.1) is 21.5 Å². The van der Waals surface area contributed by atoms with Gasteiger partial charge in [0.1, 0.15) is 6.10 Å². The number of nitrogens with two attached hydrogens (primary N) is 1. The van der Waals surface area contributed by atoms with E-state index in [4.69, 9.17) is 38.4 Å². The molecule has 0 spiro atoms. The maximum absolute atomic E-state index is 13.7. The van der Waals surface area contributed by atoms with Crippen molar-refractivity contribution in [3.63, 3.8) is 0 Å². The normalized spacial score (nSPS) is 18.0. The lowest BCUT2D eigenvalue weighted by Gasteiger charge is -2.26. The standard InChI is InChI=1S/C28H27Cl2F2N3O6S2/c29-21-13-34-14-22(30)20(21)12-24(17-6-7-23(41-28(31)32)25(10-17)39-15-16-4-5-16)40-27(36)26-35(8-9-42-26)43(37,38)19-3-1-2-18(33)11-19/h1-3,6-7,10-11,13-14,16,24,26,28H,4-5,8-9,12,15,33H2/t24?,26-/m0/s1. The second-order valence-electron chi connectivity index (χ2n) is 9.96. The number of ether oxygens (including phenoxy) is 3. The highest BCUT2D eigenvalue weighted by Crippen LogP contribution is 2.39. The van der Waals surface area contributed by atoms with Gasteiger partial charge in [-0.15, -0.1) is 11.8 Å². The number of nitrogens with zero attached hydrogens (tertiary/aromatic N) is 2. The Kier molecular flexibility index (Phi) is 9.86. The van der Waals surface area contributed by atoms with Crippen LogP contribution in [0.2, 0.25) is 10.0 Å². The third-order valence-electron chi connectivity index (χ3n) is 6.84. The molecule has 3 aromatic rings. The highest BCUT2D eigenvalue weighted by atomic mass is 35.5. The van der Waals surface area contributed by atoms with Crippen LogP contribution in [0.25, 0.3) is 0 Å². The van der Waals surface area contributed by atoms with E-state index in [-0.39, 0.29) is 45.1 Å². The van der Waals surface area contributed by atoms with Gasteiger partial charge in [0.15, 0.2) is 16.9 Å². The second kappa shape index (κ2) is 13.4. The summed E-state index contributed by atoms with van der Waals surface area (Å²) in [7, 11) is -4.09. The minimum atomic E-state index is -4.09. The number of rotatable bonds is 12. The molecular weight excluding hydrogens is 647 g/mol. The van der Waals surface area contributed by atoms with E-state index in [0.29, 0.717) is 29.4 Å². The lowest BCUT2D eigenvalue weighted by atomic mass is 10.0. The molecule has 0 amide bonds. The fraction of sp³-hybridized carbons (Fsp3) is 0.357. The number of pyridine rings is 1. The molecule has 9 nitrogen and oxygen atoms in total. The van der Waals surface area contributed by atoms with E-state index in [1.807, 2.05) is 0 Å². The van der Waals surface area contributed by atoms with Gasteiger partial charge in [0, 0.05) is 36.8 Å². The number of benzene rings is 2. The van der Waals surface area contributed by atoms with Crippen molar-refractivity contribution in [2.24, 2.45) is 5.92 Å². The van der Waals surface area contributed by atoms with Crippen LogP contribution in [-0.2, 0) is 26.0 Å². The molecule has 5 rings (SSSR count). The second-order valence-corrected chi connectivity index (χ2v) is 13.9. The number of alkyl halides is 2. The Labute approximate surface area is 261 Å². The van der Waals surface area contributed by atoms with Crippen LogP contribution < -0.4 is 15.2 Å². The molecule has 1 unspecified atom stereocenters. The van der Waals surface area contributed by atoms with E-state index < -0.39 is 34.1 Å². The van der Waals surface area contributed by atoms with Crippen LogP contribution in [0.15, 0.2) is 59.8 Å². The van der Waals surface area contributed by atoms with Crippen molar-refractivity contribution in [1.29, 1.82) is 0 Å². The van der Waals surface area contributed by atoms with Gasteiger partial charge in [0.2, 0.25) is 10.0 Å². The molecule has 0 radical (unpaired) electrons. The van der Waals surface area contributed by atoms with E-state index in [2.05, 4.69) is 9.72 Å². The van der Waals surface area contributed by atoms with Gasteiger partial charge in [-0.25, -0.2) is 13.2 Å². The molecule has 230 valence electrons. The van der Waals surface area contributed by atoms with Gasteiger partial charge in [-0.2, -0.15) is 13.1 Å². The summed E-state index contributed by atoms with van der Waals surface area (Å²) >= 11 is 13.9. The highest BCUT2D eigenvalue weighted by Gasteiger charge is 2.42. The van der Waals surface area contributed by atoms with E-state index in [0.717, 1.165) is 28.9 Å². The first-order chi connectivity index (χ1) is 20.5. The number of hydrogen-bond acceptors (Lipinski definition) is 9. The van der Waals surface area contributed by atoms with Gasteiger partial charge in [-0.05, 0) is 60.2 Å². The van der Waals surface area contributed by atoms with Gasteiger partial charge >= 0.3 is 12.6 Å². The van der Waals surface area contributed by atoms with Crippen LogP contribution in [-0.4, -0.2) is 54.6 Å². The van der Waals surface area contributed by atoms with Crippen molar-refractivity contribution < 1.29 is 36.2 Å². The van der Waals surface area contributed by atoms with E-state index in [9.17, 15) is 22.0 Å². The van der Waals surface area contributed by atoms with E-state index >= 15 is 0 Å². The van der Waals surface area contributed by atoms with Gasteiger partial charge in [-0.1, -0.05) is 35.3 Å². The van der Waals surface area contributed by atoms with Crippen molar-refractivity contribution >= 4 is 56.6 Å². The third-order valence-corrected chi connectivity index (χ3v) is 10.7.